The van der Waals surface area contributed by atoms with Gasteiger partial charge in [-0.15, -0.1) is 0 Å². The first-order valence-corrected chi connectivity index (χ1v) is 5.57. The molecule has 0 aromatic carbocycles. The van der Waals surface area contributed by atoms with Crippen LogP contribution in [0, 0.1) is 0 Å². The van der Waals surface area contributed by atoms with Gasteiger partial charge in [0.05, 0.1) is 26.9 Å². The summed E-state index contributed by atoms with van der Waals surface area (Å²) in [6.07, 6.45) is 4.45. The van der Waals surface area contributed by atoms with E-state index in [-0.39, 0.29) is 16.7 Å². The van der Waals surface area contributed by atoms with Crippen LogP contribution in [0.1, 0.15) is 0 Å². The number of hydrogen-bond acceptors (Lipinski definition) is 7. The molecule has 0 amide bonds. The van der Waals surface area contributed by atoms with Gasteiger partial charge in [0.15, 0.2) is 5.57 Å². The maximum Gasteiger partial charge on any atom is 0.345 e. The van der Waals surface area contributed by atoms with Crippen molar-refractivity contribution in [3.8, 4) is 0 Å². The normalized spacial score (nSPS) is 13.5. The molecule has 1 aliphatic rings. The summed E-state index contributed by atoms with van der Waals surface area (Å²) >= 11 is 0. The fourth-order valence-electron chi connectivity index (χ4n) is 1.60. The Balaban J connectivity index is 3.47. The lowest BCUT2D eigenvalue weighted by Crippen LogP contribution is -2.23. The number of carbonyl (C=O) groups is 3. The second kappa shape index (κ2) is 6.55. The summed E-state index contributed by atoms with van der Waals surface area (Å²) in [6.45, 7) is 0. The summed E-state index contributed by atoms with van der Waals surface area (Å²) in [5.74, 6) is -2.46. The molecule has 0 bridgehead atoms. The van der Waals surface area contributed by atoms with E-state index in [9.17, 15) is 14.4 Å². The minimum absolute atomic E-state index is 0.0586. The quantitative estimate of drug-likeness (QED) is 0.239. The molecule has 0 radical (unpaired) electrons. The zero-order chi connectivity index (χ0) is 15.3. The first kappa shape index (κ1) is 15.5. The highest BCUT2D eigenvalue weighted by atomic mass is 16.5. The van der Waals surface area contributed by atoms with Crippen molar-refractivity contribution in [2.75, 3.05) is 28.4 Å². The number of methoxy groups -OCH3 is 3. The van der Waals surface area contributed by atoms with Gasteiger partial charge in [-0.05, 0) is 6.08 Å². The van der Waals surface area contributed by atoms with E-state index in [0.29, 0.717) is 0 Å². The van der Waals surface area contributed by atoms with Crippen LogP contribution < -0.4 is 0 Å². The zero-order valence-electron chi connectivity index (χ0n) is 11.6. The number of allylic oxidation sites excluding steroid dienone is 1. The summed E-state index contributed by atoms with van der Waals surface area (Å²) in [6, 6.07) is 0. The first-order valence-electron chi connectivity index (χ1n) is 5.57. The number of hydrogen-bond donors (Lipinski definition) is 0. The van der Waals surface area contributed by atoms with Crippen molar-refractivity contribution in [2.45, 2.75) is 0 Å². The Bertz CT molecular complexity index is 511. The molecule has 1 heterocycles. The van der Waals surface area contributed by atoms with Crippen LogP contribution in [0.2, 0.25) is 0 Å². The maximum absolute atomic E-state index is 11.8. The van der Waals surface area contributed by atoms with Crippen molar-refractivity contribution in [1.82, 2.24) is 4.90 Å². The topological polar surface area (TPSA) is 82.1 Å². The fraction of sp³-hybridized carbons (Fsp3) is 0.308. The van der Waals surface area contributed by atoms with E-state index < -0.39 is 17.9 Å². The van der Waals surface area contributed by atoms with Crippen LogP contribution in [0.5, 0.6) is 0 Å². The van der Waals surface area contributed by atoms with E-state index >= 15 is 0 Å². The number of ether oxygens (including phenoxy) is 3. The van der Waals surface area contributed by atoms with Gasteiger partial charge in [0.25, 0.3) is 0 Å². The molecule has 0 aromatic rings. The number of nitrogens with zero attached hydrogens (tertiary/aromatic N) is 1. The van der Waals surface area contributed by atoms with E-state index in [4.69, 9.17) is 0 Å². The second-order valence-electron chi connectivity index (χ2n) is 3.79. The lowest BCUT2D eigenvalue weighted by Gasteiger charge is -2.19. The molecule has 0 spiro atoms. The molecule has 0 N–H and O–H groups in total. The molecule has 0 aromatic heterocycles. The third kappa shape index (κ3) is 3.05. The Morgan fingerprint density at radius 1 is 1.00 bits per heavy atom. The molecule has 0 aliphatic carbocycles. The summed E-state index contributed by atoms with van der Waals surface area (Å²) < 4.78 is 13.7. The standard InChI is InChI=1S/C13H15NO6/c1-14-6-5-8(9(7-14)11(15)18-2)10(12(16)19-3)13(17)20-4/h5-7H,1-4H3. The molecule has 0 saturated carbocycles. The third-order valence-electron chi connectivity index (χ3n) is 2.55. The van der Waals surface area contributed by atoms with Crippen molar-refractivity contribution in [3.05, 3.63) is 35.2 Å². The average molecular weight is 281 g/mol. The van der Waals surface area contributed by atoms with E-state index in [1.54, 1.807) is 18.1 Å². The molecule has 1 rings (SSSR count). The molecule has 7 heteroatoms. The van der Waals surface area contributed by atoms with E-state index in [1.165, 1.54) is 19.4 Å². The number of esters is 3. The van der Waals surface area contributed by atoms with Crippen LogP contribution in [-0.4, -0.2) is 51.2 Å². The maximum atomic E-state index is 11.8. The van der Waals surface area contributed by atoms with Gasteiger partial charge in [-0.1, -0.05) is 0 Å². The van der Waals surface area contributed by atoms with Crippen LogP contribution in [0.4, 0.5) is 0 Å². The van der Waals surface area contributed by atoms with E-state index in [2.05, 4.69) is 14.2 Å². The van der Waals surface area contributed by atoms with Gasteiger partial charge in [-0.3, -0.25) is 0 Å². The average Bonchev–Trinajstić information content (AvgIpc) is 2.47. The molecule has 0 fully saturated rings. The zero-order valence-corrected chi connectivity index (χ0v) is 11.6. The predicted molar refractivity (Wildman–Crippen MR) is 68.1 cm³/mol. The Morgan fingerprint density at radius 2 is 1.55 bits per heavy atom. The molecule has 7 nitrogen and oxygen atoms in total. The monoisotopic (exact) mass is 281 g/mol. The Morgan fingerprint density at radius 3 is 2.00 bits per heavy atom. The van der Waals surface area contributed by atoms with Gasteiger partial charge >= 0.3 is 17.9 Å². The van der Waals surface area contributed by atoms with Gasteiger partial charge in [-0.25, -0.2) is 14.4 Å². The Kier molecular flexibility index (Phi) is 5.08. The predicted octanol–water partition coefficient (Wildman–Crippen LogP) is 0.145. The molecular formula is C13H15NO6. The number of rotatable bonds is 3. The fourth-order valence-corrected chi connectivity index (χ4v) is 1.60. The van der Waals surface area contributed by atoms with Crippen LogP contribution in [0.3, 0.4) is 0 Å². The second-order valence-corrected chi connectivity index (χ2v) is 3.79. The van der Waals surface area contributed by atoms with Crippen molar-refractivity contribution in [1.29, 1.82) is 0 Å². The van der Waals surface area contributed by atoms with E-state index in [1.807, 2.05) is 0 Å². The summed E-state index contributed by atoms with van der Waals surface area (Å²) in [5.41, 5.74) is -0.215. The first-order chi connectivity index (χ1) is 9.46. The van der Waals surface area contributed by atoms with Crippen LogP contribution >= 0.6 is 0 Å². The van der Waals surface area contributed by atoms with Gasteiger partial charge in [0, 0.05) is 25.0 Å². The highest BCUT2D eigenvalue weighted by molar-refractivity contribution is 6.17. The highest BCUT2D eigenvalue weighted by Gasteiger charge is 2.29. The Hall–Kier alpha value is -2.57. The van der Waals surface area contributed by atoms with Gasteiger partial charge in [-0.2, -0.15) is 0 Å². The van der Waals surface area contributed by atoms with Gasteiger partial charge in [0.2, 0.25) is 0 Å². The molecule has 0 atom stereocenters. The van der Waals surface area contributed by atoms with Crippen LogP contribution in [0.25, 0.3) is 0 Å². The van der Waals surface area contributed by atoms with Crippen molar-refractivity contribution < 1.29 is 28.6 Å². The van der Waals surface area contributed by atoms with Gasteiger partial charge < -0.3 is 19.1 Å². The number of carbonyl (C=O) groups excluding carboxylic acids is 3. The lowest BCUT2D eigenvalue weighted by atomic mass is 9.98. The van der Waals surface area contributed by atoms with Crippen molar-refractivity contribution in [3.63, 3.8) is 0 Å². The summed E-state index contributed by atoms with van der Waals surface area (Å²) in [7, 11) is 5.15. The molecule has 1 aliphatic heterocycles. The van der Waals surface area contributed by atoms with Crippen LogP contribution in [0.15, 0.2) is 35.2 Å². The molecule has 20 heavy (non-hydrogen) atoms. The summed E-state index contributed by atoms with van der Waals surface area (Å²) in [4.78, 5) is 36.8. The van der Waals surface area contributed by atoms with Crippen LogP contribution in [-0.2, 0) is 28.6 Å². The SMILES string of the molecule is COC(=O)C1=CN(C)C=CC1=C(C(=O)OC)C(=O)OC. The summed E-state index contributed by atoms with van der Waals surface area (Å²) in [5, 5.41) is 0. The van der Waals surface area contributed by atoms with Crippen molar-refractivity contribution >= 4 is 17.9 Å². The smallest absolute Gasteiger partial charge is 0.345 e. The third-order valence-corrected chi connectivity index (χ3v) is 2.55. The molecule has 108 valence electrons. The largest absolute Gasteiger partial charge is 0.465 e. The minimum Gasteiger partial charge on any atom is -0.465 e. The van der Waals surface area contributed by atoms with Crippen molar-refractivity contribution in [2.24, 2.45) is 0 Å². The minimum atomic E-state index is -0.893. The van der Waals surface area contributed by atoms with Gasteiger partial charge in [0.1, 0.15) is 0 Å². The molecular weight excluding hydrogens is 266 g/mol. The Labute approximate surface area is 116 Å². The highest BCUT2D eigenvalue weighted by Crippen LogP contribution is 2.24. The molecule has 0 unspecified atom stereocenters. The molecule has 0 saturated heterocycles. The van der Waals surface area contributed by atoms with E-state index in [0.717, 1.165) is 14.2 Å². The lowest BCUT2D eigenvalue weighted by molar-refractivity contribution is -0.144.